The Bertz CT molecular complexity index is 607. The van der Waals surface area contributed by atoms with Crippen LogP contribution in [-0.2, 0) is 9.53 Å². The van der Waals surface area contributed by atoms with Crippen molar-refractivity contribution in [1.29, 1.82) is 0 Å². The fourth-order valence-corrected chi connectivity index (χ4v) is 3.98. The molecule has 2 atom stereocenters. The Morgan fingerprint density at radius 3 is 2.52 bits per heavy atom. The van der Waals surface area contributed by atoms with E-state index in [1.165, 1.54) is 0 Å². The standard InChI is InChI=1S/C18H26N2O3/c1-16(2,3)23-15(22)20-9-8-13-17(4,5)14(21)12(19-7)10-18(13,6)11-20/h10,13H,8-9,11H2,1-6H3/t13-,18+/m0/s1. The lowest BCUT2D eigenvalue weighted by atomic mass is 9.55. The summed E-state index contributed by atoms with van der Waals surface area (Å²) in [5, 5.41) is 0. The summed E-state index contributed by atoms with van der Waals surface area (Å²) < 4.78 is 5.47. The summed E-state index contributed by atoms with van der Waals surface area (Å²) in [4.78, 5) is 30.0. The minimum Gasteiger partial charge on any atom is -0.444 e. The van der Waals surface area contributed by atoms with Gasteiger partial charge in [-0.25, -0.2) is 9.64 Å². The molecule has 126 valence electrons. The van der Waals surface area contributed by atoms with Crippen LogP contribution in [0.2, 0.25) is 0 Å². The molecule has 0 aromatic carbocycles. The molecule has 0 saturated carbocycles. The quantitative estimate of drug-likeness (QED) is 0.640. The normalized spacial score (nSPS) is 30.1. The second-order valence-corrected chi connectivity index (χ2v) is 8.44. The Balaban J connectivity index is 2.31. The molecule has 1 fully saturated rings. The molecule has 0 radical (unpaired) electrons. The van der Waals surface area contributed by atoms with E-state index in [0.29, 0.717) is 13.1 Å². The van der Waals surface area contributed by atoms with Crippen molar-refractivity contribution in [2.45, 2.75) is 53.6 Å². The van der Waals surface area contributed by atoms with Crippen molar-refractivity contribution in [2.24, 2.45) is 16.7 Å². The first-order valence-electron chi connectivity index (χ1n) is 8.04. The molecule has 5 nitrogen and oxygen atoms in total. The first-order chi connectivity index (χ1) is 10.4. The van der Waals surface area contributed by atoms with Crippen LogP contribution in [0.4, 0.5) is 4.79 Å². The molecule has 0 N–H and O–H groups in total. The number of amides is 1. The predicted octanol–water partition coefficient (Wildman–Crippen LogP) is 3.66. The van der Waals surface area contributed by atoms with Gasteiger partial charge in [-0.2, -0.15) is 0 Å². The summed E-state index contributed by atoms with van der Waals surface area (Å²) in [5.41, 5.74) is -1.30. The fraction of sp³-hybridized carbons (Fsp3) is 0.722. The van der Waals surface area contributed by atoms with Crippen molar-refractivity contribution < 1.29 is 14.3 Å². The van der Waals surface area contributed by atoms with Crippen molar-refractivity contribution in [3.63, 3.8) is 0 Å². The number of piperidine rings is 1. The molecule has 0 unspecified atom stereocenters. The summed E-state index contributed by atoms with van der Waals surface area (Å²) in [6.07, 6.45) is 2.18. The van der Waals surface area contributed by atoms with E-state index in [-0.39, 0.29) is 28.9 Å². The highest BCUT2D eigenvalue weighted by Gasteiger charge is 2.53. The molecule has 1 heterocycles. The number of carbonyl (C=O) groups is 2. The second kappa shape index (κ2) is 5.36. The van der Waals surface area contributed by atoms with Gasteiger partial charge in [0.2, 0.25) is 5.70 Å². The van der Waals surface area contributed by atoms with Crippen LogP contribution in [0.5, 0.6) is 0 Å². The highest BCUT2D eigenvalue weighted by molar-refractivity contribution is 6.02. The van der Waals surface area contributed by atoms with Crippen molar-refractivity contribution in [2.75, 3.05) is 13.1 Å². The van der Waals surface area contributed by atoms with Gasteiger partial charge in [0.25, 0.3) is 0 Å². The monoisotopic (exact) mass is 318 g/mol. The molecule has 0 aromatic heterocycles. The highest BCUT2D eigenvalue weighted by atomic mass is 16.6. The van der Waals surface area contributed by atoms with Gasteiger partial charge in [0.05, 0.1) is 6.57 Å². The maximum Gasteiger partial charge on any atom is 0.410 e. The average Bonchev–Trinajstić information content (AvgIpc) is 2.40. The number of hydrogen-bond acceptors (Lipinski definition) is 3. The van der Waals surface area contributed by atoms with Crippen molar-refractivity contribution in [1.82, 2.24) is 4.90 Å². The summed E-state index contributed by atoms with van der Waals surface area (Å²) in [5.74, 6) is 0.0346. The lowest BCUT2D eigenvalue weighted by molar-refractivity contribution is -0.132. The van der Waals surface area contributed by atoms with E-state index in [1.807, 2.05) is 41.5 Å². The zero-order valence-corrected chi connectivity index (χ0v) is 14.9. The minimum absolute atomic E-state index is 0.0827. The summed E-state index contributed by atoms with van der Waals surface area (Å²) in [7, 11) is 0. The summed E-state index contributed by atoms with van der Waals surface area (Å²) in [6.45, 7) is 19.7. The van der Waals surface area contributed by atoms with Crippen LogP contribution in [0.15, 0.2) is 11.8 Å². The first-order valence-corrected chi connectivity index (χ1v) is 8.04. The third kappa shape index (κ3) is 3.12. The van der Waals surface area contributed by atoms with Crippen LogP contribution in [0, 0.1) is 23.3 Å². The first kappa shape index (κ1) is 17.5. The van der Waals surface area contributed by atoms with Crippen LogP contribution in [0.1, 0.15) is 48.0 Å². The number of nitrogens with zero attached hydrogens (tertiary/aromatic N) is 2. The second-order valence-electron chi connectivity index (χ2n) is 8.44. The van der Waals surface area contributed by atoms with Crippen LogP contribution < -0.4 is 0 Å². The SMILES string of the molecule is [C-]#[N+]C1=C[C@]2(C)CN(C(=O)OC(C)(C)C)CC[C@H]2C(C)(C)C1=O. The lowest BCUT2D eigenvalue weighted by Gasteiger charge is -2.53. The van der Waals surface area contributed by atoms with Gasteiger partial charge < -0.3 is 14.4 Å². The number of rotatable bonds is 0. The molecule has 1 amide bonds. The number of ketones is 1. The van der Waals surface area contributed by atoms with Gasteiger partial charge in [-0.1, -0.05) is 26.8 Å². The zero-order valence-electron chi connectivity index (χ0n) is 14.9. The minimum atomic E-state index is -0.580. The van der Waals surface area contributed by atoms with E-state index in [1.54, 1.807) is 11.0 Å². The van der Waals surface area contributed by atoms with Gasteiger partial charge in [-0.15, -0.1) is 0 Å². The number of Topliss-reactive ketones (excluding diaryl/α,β-unsaturated/α-hetero) is 1. The molecule has 1 aliphatic heterocycles. The van der Waals surface area contributed by atoms with Gasteiger partial charge in [-0.3, -0.25) is 0 Å². The molecule has 23 heavy (non-hydrogen) atoms. The Labute approximate surface area is 138 Å². The highest BCUT2D eigenvalue weighted by Crippen LogP contribution is 2.52. The zero-order chi connectivity index (χ0) is 17.6. The number of likely N-dealkylation sites (tertiary alicyclic amines) is 1. The maximum absolute atomic E-state index is 12.5. The van der Waals surface area contributed by atoms with Gasteiger partial charge in [-0.05, 0) is 38.5 Å². The van der Waals surface area contributed by atoms with E-state index in [0.717, 1.165) is 6.42 Å². The van der Waals surface area contributed by atoms with Crippen LogP contribution in [0.3, 0.4) is 0 Å². The van der Waals surface area contributed by atoms with Gasteiger partial charge >= 0.3 is 6.09 Å². The summed E-state index contributed by atoms with van der Waals surface area (Å²) in [6, 6.07) is 0. The summed E-state index contributed by atoms with van der Waals surface area (Å²) >= 11 is 0. The molecule has 0 spiro atoms. The van der Waals surface area contributed by atoms with Crippen molar-refractivity contribution in [3.05, 3.63) is 23.2 Å². The molecular weight excluding hydrogens is 292 g/mol. The number of carbonyl (C=O) groups excluding carboxylic acids is 2. The van der Waals surface area contributed by atoms with Crippen molar-refractivity contribution >= 4 is 11.9 Å². The predicted molar refractivity (Wildman–Crippen MR) is 87.5 cm³/mol. The number of ether oxygens (including phenoxy) is 1. The Hall–Kier alpha value is -1.83. The fourth-order valence-electron chi connectivity index (χ4n) is 3.98. The smallest absolute Gasteiger partial charge is 0.410 e. The lowest BCUT2D eigenvalue weighted by Crippen LogP contribution is -2.57. The van der Waals surface area contributed by atoms with E-state index in [4.69, 9.17) is 11.3 Å². The van der Waals surface area contributed by atoms with Gasteiger partial charge in [0, 0.05) is 18.5 Å². The van der Waals surface area contributed by atoms with E-state index < -0.39 is 11.0 Å². The molecule has 5 heteroatoms. The molecule has 0 aromatic rings. The third-order valence-corrected chi connectivity index (χ3v) is 4.94. The number of hydrogen-bond donors (Lipinski definition) is 0. The molecule has 1 saturated heterocycles. The van der Waals surface area contributed by atoms with E-state index in [2.05, 4.69) is 4.85 Å². The average molecular weight is 318 g/mol. The topological polar surface area (TPSA) is 51.0 Å². The Morgan fingerprint density at radius 1 is 1.39 bits per heavy atom. The maximum atomic E-state index is 12.5. The molecule has 1 aliphatic carbocycles. The number of allylic oxidation sites excluding steroid dienone is 1. The van der Waals surface area contributed by atoms with E-state index >= 15 is 0 Å². The van der Waals surface area contributed by atoms with Gasteiger partial charge in [0.15, 0.2) is 5.78 Å². The van der Waals surface area contributed by atoms with Gasteiger partial charge in [0.1, 0.15) is 5.60 Å². The Morgan fingerprint density at radius 2 is 2.00 bits per heavy atom. The van der Waals surface area contributed by atoms with Crippen LogP contribution >= 0.6 is 0 Å². The number of fused-ring (bicyclic) bond motifs is 1. The van der Waals surface area contributed by atoms with E-state index in [9.17, 15) is 9.59 Å². The molecule has 0 bridgehead atoms. The molecular formula is C18H26N2O3. The van der Waals surface area contributed by atoms with Crippen LogP contribution in [0.25, 0.3) is 4.85 Å². The molecule has 2 rings (SSSR count). The largest absolute Gasteiger partial charge is 0.444 e. The van der Waals surface area contributed by atoms with Crippen LogP contribution in [-0.4, -0.2) is 35.5 Å². The third-order valence-electron chi connectivity index (χ3n) is 4.94. The Kier molecular flexibility index (Phi) is 4.09. The molecule has 2 aliphatic rings. The van der Waals surface area contributed by atoms with Crippen molar-refractivity contribution in [3.8, 4) is 0 Å².